The third-order valence-electron chi connectivity index (χ3n) is 3.59. The molecular formula is C19H19ClN6S. The summed E-state index contributed by atoms with van der Waals surface area (Å²) in [5.74, 6) is 7.14. The number of aromatic nitrogens is 3. The number of rotatable bonds is 7. The van der Waals surface area contributed by atoms with Crippen LogP contribution in [0.3, 0.4) is 0 Å². The normalized spacial score (nSPS) is 11.9. The topological polar surface area (TPSA) is 81.1 Å². The summed E-state index contributed by atoms with van der Waals surface area (Å²) in [5.41, 5.74) is 5.87. The molecule has 0 amide bonds. The number of nitrogens with one attached hydrogen (secondary N) is 1. The van der Waals surface area contributed by atoms with E-state index in [9.17, 15) is 0 Å². The van der Waals surface area contributed by atoms with E-state index < -0.39 is 0 Å². The largest absolute Gasteiger partial charge is 0.334 e. The number of nitrogens with two attached hydrogens (primary N) is 1. The zero-order valence-electron chi connectivity index (χ0n) is 14.7. The molecule has 6 nitrogen and oxygen atoms in total. The summed E-state index contributed by atoms with van der Waals surface area (Å²) in [7, 11) is 0. The molecule has 0 spiro atoms. The van der Waals surface area contributed by atoms with Crippen LogP contribution in [0.5, 0.6) is 0 Å². The minimum absolute atomic E-state index is 0.376. The Bertz CT molecular complexity index is 935. The molecule has 8 heteroatoms. The number of halogens is 1. The average molecular weight is 399 g/mol. The molecule has 0 saturated carbocycles. The Kier molecular flexibility index (Phi) is 6.51. The van der Waals surface area contributed by atoms with Crippen LogP contribution in [0.4, 0.5) is 5.95 Å². The minimum atomic E-state index is 0.376. The predicted octanol–water partition coefficient (Wildman–Crippen LogP) is 4.44. The molecule has 0 unspecified atom stereocenters. The van der Waals surface area contributed by atoms with Gasteiger partial charge in [-0.3, -0.25) is 0 Å². The van der Waals surface area contributed by atoms with Crippen molar-refractivity contribution < 1.29 is 0 Å². The zero-order valence-corrected chi connectivity index (χ0v) is 16.3. The fourth-order valence-electron chi connectivity index (χ4n) is 2.14. The van der Waals surface area contributed by atoms with Gasteiger partial charge < -0.3 is 5.84 Å². The number of hydrogen-bond donors (Lipinski definition) is 2. The third kappa shape index (κ3) is 5.60. The third-order valence-corrected chi connectivity index (χ3v) is 4.86. The Morgan fingerprint density at radius 1 is 1.19 bits per heavy atom. The minimum Gasteiger partial charge on any atom is -0.334 e. The summed E-state index contributed by atoms with van der Waals surface area (Å²) in [4.78, 5) is 0. The van der Waals surface area contributed by atoms with Gasteiger partial charge in [-0.25, -0.2) is 10.1 Å². The van der Waals surface area contributed by atoms with Crippen LogP contribution in [0.1, 0.15) is 18.1 Å². The highest BCUT2D eigenvalue weighted by molar-refractivity contribution is 7.98. The van der Waals surface area contributed by atoms with Crippen molar-refractivity contribution in [3.63, 3.8) is 0 Å². The predicted molar refractivity (Wildman–Crippen MR) is 113 cm³/mol. The second-order valence-corrected chi connectivity index (χ2v) is 7.08. The van der Waals surface area contributed by atoms with Crippen molar-refractivity contribution in [2.75, 3.05) is 11.3 Å². The molecular weight excluding hydrogens is 380 g/mol. The highest BCUT2D eigenvalue weighted by Crippen LogP contribution is 2.22. The number of nitrogen functional groups attached to an aromatic ring is 1. The summed E-state index contributed by atoms with van der Waals surface area (Å²) < 4.78 is 1.39. The monoisotopic (exact) mass is 398 g/mol. The lowest BCUT2D eigenvalue weighted by atomic mass is 10.2. The molecule has 0 atom stereocenters. The van der Waals surface area contributed by atoms with Gasteiger partial charge in [0.1, 0.15) is 0 Å². The lowest BCUT2D eigenvalue weighted by molar-refractivity contribution is 0.846. The Labute approximate surface area is 167 Å². The fourth-order valence-corrected chi connectivity index (χ4v) is 3.07. The molecule has 0 fully saturated rings. The first-order chi connectivity index (χ1) is 13.1. The number of hydrazone groups is 1. The number of nitrogens with zero attached hydrogens (tertiary/aromatic N) is 4. The van der Waals surface area contributed by atoms with E-state index in [1.54, 1.807) is 0 Å². The second kappa shape index (κ2) is 9.25. The maximum absolute atomic E-state index is 6.04. The van der Waals surface area contributed by atoms with Crippen LogP contribution in [-0.4, -0.2) is 20.6 Å². The number of hydrogen-bond acceptors (Lipinski definition) is 6. The molecule has 1 aromatic heterocycles. The van der Waals surface area contributed by atoms with Gasteiger partial charge in [-0.15, -0.1) is 10.2 Å². The molecule has 3 aromatic rings. The Morgan fingerprint density at radius 2 is 1.93 bits per heavy atom. The SMILES string of the molecule is CC(/C=C/c1ccccc1)=N\Nc1nnc(SCc2ccc(Cl)cc2)n1N. The molecule has 0 aliphatic rings. The highest BCUT2D eigenvalue weighted by Gasteiger charge is 2.09. The lowest BCUT2D eigenvalue weighted by Crippen LogP contribution is -2.13. The van der Waals surface area contributed by atoms with E-state index in [0.717, 1.165) is 16.8 Å². The first kappa shape index (κ1) is 19.0. The van der Waals surface area contributed by atoms with Gasteiger partial charge in [-0.05, 0) is 36.3 Å². The first-order valence-electron chi connectivity index (χ1n) is 8.23. The molecule has 0 aliphatic heterocycles. The molecule has 3 rings (SSSR count). The Hall–Kier alpha value is -2.77. The van der Waals surface area contributed by atoms with Crippen LogP contribution in [-0.2, 0) is 5.75 Å². The molecule has 138 valence electrons. The maximum atomic E-state index is 6.04. The molecule has 0 saturated heterocycles. The van der Waals surface area contributed by atoms with Gasteiger partial charge in [0, 0.05) is 10.8 Å². The van der Waals surface area contributed by atoms with Gasteiger partial charge >= 0.3 is 0 Å². The van der Waals surface area contributed by atoms with Gasteiger partial charge in [0.05, 0.1) is 5.71 Å². The van der Waals surface area contributed by atoms with Crippen LogP contribution >= 0.6 is 23.4 Å². The molecule has 0 bridgehead atoms. The van der Waals surface area contributed by atoms with E-state index >= 15 is 0 Å². The van der Waals surface area contributed by atoms with Gasteiger partial charge in [0.25, 0.3) is 5.95 Å². The molecule has 3 N–H and O–H groups in total. The smallest absolute Gasteiger partial charge is 0.264 e. The Balaban J connectivity index is 1.58. The number of benzene rings is 2. The summed E-state index contributed by atoms with van der Waals surface area (Å²) in [6.45, 7) is 1.89. The fraction of sp³-hybridized carbons (Fsp3) is 0.105. The number of anilines is 1. The number of allylic oxidation sites excluding steroid dienone is 1. The van der Waals surface area contributed by atoms with E-state index in [-0.39, 0.29) is 0 Å². The van der Waals surface area contributed by atoms with E-state index in [2.05, 4.69) is 20.7 Å². The van der Waals surface area contributed by atoms with Crippen molar-refractivity contribution in [1.82, 2.24) is 14.9 Å². The van der Waals surface area contributed by atoms with Gasteiger partial charge in [0.15, 0.2) is 0 Å². The molecule has 2 aromatic carbocycles. The number of thioether (sulfide) groups is 1. The van der Waals surface area contributed by atoms with Gasteiger partial charge in [0.2, 0.25) is 5.16 Å². The van der Waals surface area contributed by atoms with Crippen molar-refractivity contribution in [2.24, 2.45) is 5.10 Å². The van der Waals surface area contributed by atoms with Gasteiger partial charge in [-0.1, -0.05) is 71.9 Å². The van der Waals surface area contributed by atoms with E-state index in [1.807, 2.05) is 73.7 Å². The maximum Gasteiger partial charge on any atom is 0.264 e. The van der Waals surface area contributed by atoms with E-state index in [0.29, 0.717) is 21.9 Å². The summed E-state index contributed by atoms with van der Waals surface area (Å²) in [5, 5.41) is 13.7. The second-order valence-electron chi connectivity index (χ2n) is 5.70. The van der Waals surface area contributed by atoms with Crippen molar-refractivity contribution in [3.05, 3.63) is 76.8 Å². The van der Waals surface area contributed by atoms with Crippen LogP contribution in [0.15, 0.2) is 70.9 Å². The van der Waals surface area contributed by atoms with Crippen molar-refractivity contribution in [2.45, 2.75) is 17.8 Å². The van der Waals surface area contributed by atoms with E-state index in [1.165, 1.54) is 16.4 Å². The summed E-state index contributed by atoms with van der Waals surface area (Å²) >= 11 is 7.38. The van der Waals surface area contributed by atoms with Crippen LogP contribution in [0.2, 0.25) is 5.02 Å². The summed E-state index contributed by atoms with van der Waals surface area (Å²) in [6.07, 6.45) is 3.90. The van der Waals surface area contributed by atoms with Crippen molar-refractivity contribution >= 4 is 41.1 Å². The Morgan fingerprint density at radius 3 is 2.67 bits per heavy atom. The zero-order chi connectivity index (χ0) is 19.1. The highest BCUT2D eigenvalue weighted by atomic mass is 35.5. The standard InChI is InChI=1S/C19H19ClN6S/c1-14(7-8-15-5-3-2-4-6-15)22-23-18-24-25-19(26(18)21)27-13-16-9-11-17(20)12-10-16/h2-12H,13,21H2,1H3,(H,23,24)/b8-7+,22-14+. The first-order valence-corrected chi connectivity index (χ1v) is 9.59. The quantitative estimate of drug-likeness (QED) is 0.266. The molecule has 0 aliphatic carbocycles. The van der Waals surface area contributed by atoms with Gasteiger partial charge in [-0.2, -0.15) is 5.10 Å². The van der Waals surface area contributed by atoms with E-state index in [4.69, 9.17) is 17.4 Å². The van der Waals surface area contributed by atoms with Crippen molar-refractivity contribution in [1.29, 1.82) is 0 Å². The van der Waals surface area contributed by atoms with Crippen LogP contribution in [0.25, 0.3) is 6.08 Å². The molecule has 27 heavy (non-hydrogen) atoms. The molecule has 1 heterocycles. The van der Waals surface area contributed by atoms with Crippen LogP contribution in [0, 0.1) is 0 Å². The van der Waals surface area contributed by atoms with Crippen LogP contribution < -0.4 is 11.3 Å². The lowest BCUT2D eigenvalue weighted by Gasteiger charge is -2.03. The average Bonchev–Trinajstić information content (AvgIpc) is 3.05. The molecule has 0 radical (unpaired) electrons. The summed E-state index contributed by atoms with van der Waals surface area (Å²) in [6, 6.07) is 17.7. The van der Waals surface area contributed by atoms with Crippen molar-refractivity contribution in [3.8, 4) is 0 Å².